The Balaban J connectivity index is 2.39. The van der Waals surface area contributed by atoms with Gasteiger partial charge in [-0.1, -0.05) is 11.6 Å². The third-order valence-electron chi connectivity index (χ3n) is 2.54. The van der Waals surface area contributed by atoms with Gasteiger partial charge in [-0.25, -0.2) is 0 Å². The lowest BCUT2D eigenvalue weighted by molar-refractivity contribution is 0.720. The third-order valence-corrected chi connectivity index (χ3v) is 4.24. The maximum absolute atomic E-state index is 6.10. The molecule has 0 spiro atoms. The van der Waals surface area contributed by atoms with Crippen LogP contribution in [0.3, 0.4) is 0 Å². The fourth-order valence-electron chi connectivity index (χ4n) is 1.52. The highest BCUT2D eigenvalue weighted by molar-refractivity contribution is 7.12. The summed E-state index contributed by atoms with van der Waals surface area (Å²) in [7, 11) is 0. The highest BCUT2D eigenvalue weighted by Gasteiger charge is 2.45. The van der Waals surface area contributed by atoms with Crippen molar-refractivity contribution < 1.29 is 0 Å². The minimum absolute atomic E-state index is 0.260. The second-order valence-corrected chi connectivity index (χ2v) is 5.18. The fourth-order valence-corrected chi connectivity index (χ4v) is 3.22. The van der Waals surface area contributed by atoms with Crippen molar-refractivity contribution >= 4 is 22.9 Å². The van der Waals surface area contributed by atoms with Gasteiger partial charge in [-0.05, 0) is 25.8 Å². The number of hydrogen-bond donors (Lipinski definition) is 1. The van der Waals surface area contributed by atoms with E-state index < -0.39 is 0 Å². The molecule has 0 unspecified atom stereocenters. The smallest absolute Gasteiger partial charge is 0.0554 e. The van der Waals surface area contributed by atoms with Crippen molar-refractivity contribution in [3.05, 3.63) is 20.8 Å². The molecule has 1 aromatic heterocycles. The van der Waals surface area contributed by atoms with Gasteiger partial charge in [0, 0.05) is 21.7 Å². The van der Waals surface area contributed by atoms with Crippen molar-refractivity contribution in [1.29, 1.82) is 0 Å². The number of hydrogen-bond acceptors (Lipinski definition) is 2. The third kappa shape index (κ3) is 1.18. The van der Waals surface area contributed by atoms with Crippen LogP contribution in [0.4, 0.5) is 0 Å². The first kappa shape index (κ1) is 8.54. The lowest BCUT2D eigenvalue weighted by Gasteiger charge is -2.09. The topological polar surface area (TPSA) is 26.0 Å². The molecule has 0 aliphatic heterocycles. The van der Waals surface area contributed by atoms with E-state index in [0.29, 0.717) is 0 Å². The van der Waals surface area contributed by atoms with Gasteiger partial charge in [0.2, 0.25) is 0 Å². The zero-order valence-electron chi connectivity index (χ0n) is 7.06. The van der Waals surface area contributed by atoms with Gasteiger partial charge in [-0.2, -0.15) is 0 Å². The molecule has 1 aliphatic rings. The van der Waals surface area contributed by atoms with Gasteiger partial charge in [0.1, 0.15) is 0 Å². The van der Waals surface area contributed by atoms with E-state index in [2.05, 4.69) is 6.92 Å². The van der Waals surface area contributed by atoms with Gasteiger partial charge in [-0.15, -0.1) is 11.3 Å². The van der Waals surface area contributed by atoms with E-state index in [9.17, 15) is 0 Å². The lowest BCUT2D eigenvalue weighted by Crippen LogP contribution is -2.18. The Morgan fingerprint density at radius 1 is 1.67 bits per heavy atom. The standard InChI is InChI=1S/C9H12ClNS/c1-6-4-7(10)8(12-6)9(5-11)2-3-9/h4H,2-3,5,11H2,1H3. The maximum atomic E-state index is 6.10. The van der Waals surface area contributed by atoms with Gasteiger partial charge in [-0.3, -0.25) is 0 Å². The molecular formula is C9H12ClNS. The first-order valence-corrected chi connectivity index (χ1v) is 5.34. The molecule has 1 aliphatic carbocycles. The highest BCUT2D eigenvalue weighted by Crippen LogP contribution is 2.52. The van der Waals surface area contributed by atoms with E-state index in [1.165, 1.54) is 22.6 Å². The Labute approximate surface area is 81.5 Å². The molecule has 66 valence electrons. The summed E-state index contributed by atoms with van der Waals surface area (Å²) in [6, 6.07) is 2.04. The Morgan fingerprint density at radius 2 is 2.33 bits per heavy atom. The van der Waals surface area contributed by atoms with Gasteiger partial charge >= 0.3 is 0 Å². The van der Waals surface area contributed by atoms with Crippen molar-refractivity contribution in [2.45, 2.75) is 25.2 Å². The van der Waals surface area contributed by atoms with Crippen LogP contribution in [0.25, 0.3) is 0 Å². The summed E-state index contributed by atoms with van der Waals surface area (Å²) in [5, 5.41) is 0.917. The van der Waals surface area contributed by atoms with Crippen molar-refractivity contribution in [3.63, 3.8) is 0 Å². The van der Waals surface area contributed by atoms with Crippen LogP contribution in [-0.2, 0) is 5.41 Å². The molecule has 3 heteroatoms. The number of nitrogens with two attached hydrogens (primary N) is 1. The predicted molar refractivity (Wildman–Crippen MR) is 54.0 cm³/mol. The number of thiophene rings is 1. The highest BCUT2D eigenvalue weighted by atomic mass is 35.5. The van der Waals surface area contributed by atoms with Crippen LogP contribution in [0.1, 0.15) is 22.6 Å². The molecule has 0 bridgehead atoms. The molecule has 1 nitrogen and oxygen atoms in total. The molecule has 1 fully saturated rings. The van der Waals surface area contributed by atoms with Crippen LogP contribution in [0.15, 0.2) is 6.07 Å². The largest absolute Gasteiger partial charge is 0.330 e. The second kappa shape index (κ2) is 2.72. The van der Waals surface area contributed by atoms with Gasteiger partial charge < -0.3 is 5.73 Å². The van der Waals surface area contributed by atoms with Crippen molar-refractivity contribution in [2.75, 3.05) is 6.54 Å². The molecule has 0 saturated heterocycles. The van der Waals surface area contributed by atoms with E-state index >= 15 is 0 Å². The molecule has 12 heavy (non-hydrogen) atoms. The van der Waals surface area contributed by atoms with Crippen LogP contribution < -0.4 is 5.73 Å². The SMILES string of the molecule is Cc1cc(Cl)c(C2(CN)CC2)s1. The average molecular weight is 202 g/mol. The van der Waals surface area contributed by atoms with Crippen LogP contribution >= 0.6 is 22.9 Å². The molecule has 0 radical (unpaired) electrons. The van der Waals surface area contributed by atoms with Crippen LogP contribution in [-0.4, -0.2) is 6.54 Å². The summed E-state index contributed by atoms with van der Waals surface area (Å²) in [6.45, 7) is 2.83. The lowest BCUT2D eigenvalue weighted by atomic mass is 10.1. The van der Waals surface area contributed by atoms with E-state index in [0.717, 1.165) is 11.6 Å². The first-order valence-electron chi connectivity index (χ1n) is 4.14. The predicted octanol–water partition coefficient (Wildman–Crippen LogP) is 2.70. The molecule has 0 aromatic carbocycles. The monoisotopic (exact) mass is 201 g/mol. The van der Waals surface area contributed by atoms with Crippen molar-refractivity contribution in [2.24, 2.45) is 5.73 Å². The molecule has 1 saturated carbocycles. The first-order chi connectivity index (χ1) is 5.68. The van der Waals surface area contributed by atoms with Gasteiger partial charge in [0.15, 0.2) is 0 Å². The summed E-state index contributed by atoms with van der Waals surface area (Å²) in [4.78, 5) is 2.60. The van der Waals surface area contributed by atoms with Crippen LogP contribution in [0.2, 0.25) is 5.02 Å². The maximum Gasteiger partial charge on any atom is 0.0554 e. The minimum Gasteiger partial charge on any atom is -0.330 e. The van der Waals surface area contributed by atoms with E-state index in [4.69, 9.17) is 17.3 Å². The molecule has 2 N–H and O–H groups in total. The Kier molecular flexibility index (Phi) is 1.94. The number of halogens is 1. The second-order valence-electron chi connectivity index (χ2n) is 3.52. The fraction of sp³-hybridized carbons (Fsp3) is 0.556. The van der Waals surface area contributed by atoms with Crippen LogP contribution in [0, 0.1) is 6.92 Å². The molecule has 2 rings (SSSR count). The zero-order chi connectivity index (χ0) is 8.77. The van der Waals surface area contributed by atoms with E-state index in [-0.39, 0.29) is 5.41 Å². The quantitative estimate of drug-likeness (QED) is 0.783. The molecule has 1 aromatic rings. The summed E-state index contributed by atoms with van der Waals surface area (Å²) in [5.41, 5.74) is 5.99. The zero-order valence-corrected chi connectivity index (χ0v) is 8.63. The normalized spacial score (nSPS) is 19.6. The summed E-state index contributed by atoms with van der Waals surface area (Å²) in [5.74, 6) is 0. The van der Waals surface area contributed by atoms with Crippen LogP contribution in [0.5, 0.6) is 0 Å². The van der Waals surface area contributed by atoms with Gasteiger partial charge in [0.25, 0.3) is 0 Å². The van der Waals surface area contributed by atoms with Crippen molar-refractivity contribution in [3.8, 4) is 0 Å². The van der Waals surface area contributed by atoms with Crippen molar-refractivity contribution in [1.82, 2.24) is 0 Å². The van der Waals surface area contributed by atoms with Gasteiger partial charge in [0.05, 0.1) is 5.02 Å². The minimum atomic E-state index is 0.260. The summed E-state index contributed by atoms with van der Waals surface area (Å²) >= 11 is 7.90. The molecular weight excluding hydrogens is 190 g/mol. The van der Waals surface area contributed by atoms with E-state index in [1.54, 1.807) is 11.3 Å². The van der Waals surface area contributed by atoms with E-state index in [1.807, 2.05) is 6.07 Å². The summed E-state index contributed by atoms with van der Waals surface area (Å²) in [6.07, 6.45) is 2.42. The molecule has 0 atom stereocenters. The Hall–Kier alpha value is -0.0500. The number of rotatable bonds is 2. The number of aryl methyl sites for hydroxylation is 1. The average Bonchev–Trinajstić information content (AvgIpc) is 2.74. The Morgan fingerprint density at radius 3 is 2.67 bits per heavy atom. The molecule has 0 amide bonds. The molecule has 1 heterocycles. The summed E-state index contributed by atoms with van der Waals surface area (Å²) < 4.78 is 0. The Bertz CT molecular complexity index is 301.